The van der Waals surface area contributed by atoms with E-state index in [4.69, 9.17) is 77.8 Å². The second-order valence-electron chi connectivity index (χ2n) is 38.2. The second kappa shape index (κ2) is 47.1. The van der Waals surface area contributed by atoms with Crippen LogP contribution in [0.2, 0.25) is 20.1 Å². The molecule has 20 nitrogen and oxygen atoms in total. The molecule has 4 aliphatic carbocycles. The lowest BCUT2D eigenvalue weighted by atomic mass is 9.88. The lowest BCUT2D eigenvalue weighted by molar-refractivity contribution is -0.671. The number of halogens is 12. The summed E-state index contributed by atoms with van der Waals surface area (Å²) < 4.78 is 12.0. The van der Waals surface area contributed by atoms with Crippen LogP contribution in [0.4, 0.5) is 0 Å². The molecular formula is C108H114Br8Cl4N16O4+2. The summed E-state index contributed by atoms with van der Waals surface area (Å²) >= 11 is 55.3. The van der Waals surface area contributed by atoms with Crippen molar-refractivity contribution < 1.29 is 28.3 Å². The van der Waals surface area contributed by atoms with Gasteiger partial charge in [0.2, 0.25) is 23.6 Å². The van der Waals surface area contributed by atoms with E-state index in [9.17, 15) is 19.2 Å². The Labute approximate surface area is 908 Å². The van der Waals surface area contributed by atoms with E-state index in [1.807, 2.05) is 131 Å². The minimum Gasteiger partial charge on any atom is -0.386 e. The molecular weight excluding hydrogens is 2370 g/mol. The van der Waals surface area contributed by atoms with Crippen molar-refractivity contribution in [2.45, 2.75) is 141 Å². The summed E-state index contributed by atoms with van der Waals surface area (Å²) in [6, 6.07) is 33.2. The fourth-order valence-electron chi connectivity index (χ4n) is 21.7. The highest BCUT2D eigenvalue weighted by Gasteiger charge is 2.40. The number of piperazine rings is 2. The molecule has 0 spiro atoms. The highest BCUT2D eigenvalue weighted by atomic mass is 79.9. The summed E-state index contributed by atoms with van der Waals surface area (Å²) in [5.74, 6) is 3.05. The van der Waals surface area contributed by atoms with Crippen molar-refractivity contribution in [2.75, 3.05) is 105 Å². The second-order valence-corrected chi connectivity index (χ2v) is 47.0. The van der Waals surface area contributed by atoms with Gasteiger partial charge in [-0.25, -0.2) is 9.13 Å². The molecule has 0 bridgehead atoms. The molecule has 6 aliphatic heterocycles. The molecule has 6 saturated heterocycles. The Morgan fingerprint density at radius 2 is 0.643 bits per heavy atom. The van der Waals surface area contributed by atoms with Gasteiger partial charge in [0, 0.05) is 245 Å². The minimum atomic E-state index is 0.0265. The third-order valence-electron chi connectivity index (χ3n) is 29.1. The van der Waals surface area contributed by atoms with Crippen molar-refractivity contribution in [2.24, 2.45) is 37.4 Å². The van der Waals surface area contributed by atoms with Gasteiger partial charge in [0.1, 0.15) is 14.1 Å². The molecule has 4 aromatic carbocycles. The molecule has 140 heavy (non-hydrogen) atoms. The number of likely N-dealkylation sites (tertiary alicyclic amines) is 4. The Balaban J connectivity index is 0.000000129. The number of carbonyl (C=O) groups is 4. The number of aryl methyl sites for hydroxylation is 10. The number of pyridine rings is 6. The number of piperidine rings is 4. The summed E-state index contributed by atoms with van der Waals surface area (Å²) in [5, 5.41) is 2.97. The molecule has 10 aliphatic rings. The predicted molar refractivity (Wildman–Crippen MR) is 585 cm³/mol. The maximum Gasteiger partial charge on any atom is 0.227 e. The highest BCUT2D eigenvalue weighted by molar-refractivity contribution is 9.11. The maximum atomic E-state index is 13.2. The van der Waals surface area contributed by atoms with Gasteiger partial charge < -0.3 is 40.9 Å². The number of nitrogens with zero attached hydrogens (tertiary/aromatic N) is 14. The molecule has 2 atom stereocenters. The topological polar surface area (TPSA) is 206 Å². The number of nitrogens with two attached hydrogens (primary N) is 2. The van der Waals surface area contributed by atoms with Gasteiger partial charge in [-0.15, -0.1) is 0 Å². The zero-order valence-corrected chi connectivity index (χ0v) is 94.3. The summed E-state index contributed by atoms with van der Waals surface area (Å²) in [5.41, 5.74) is 38.2. The van der Waals surface area contributed by atoms with Gasteiger partial charge >= 0.3 is 0 Å². The average Bonchev–Trinajstić information content (AvgIpc) is 1.58. The van der Waals surface area contributed by atoms with Crippen LogP contribution in [0.25, 0.3) is 11.1 Å². The number of aromatic nitrogens is 6. The Hall–Kier alpha value is -7.26. The quantitative estimate of drug-likeness (QED) is 0.109. The number of benzene rings is 4. The third kappa shape index (κ3) is 25.0. The number of amides is 4. The van der Waals surface area contributed by atoms with Crippen molar-refractivity contribution in [3.63, 3.8) is 0 Å². The molecule has 12 heterocycles. The van der Waals surface area contributed by atoms with Crippen LogP contribution in [0.1, 0.15) is 177 Å². The van der Waals surface area contributed by atoms with Crippen LogP contribution in [-0.4, -0.2) is 187 Å². The predicted octanol–water partition coefficient (Wildman–Crippen LogP) is 21.9. The van der Waals surface area contributed by atoms with E-state index in [0.717, 1.165) is 271 Å². The van der Waals surface area contributed by atoms with Crippen molar-refractivity contribution in [3.05, 3.63) is 339 Å². The summed E-state index contributed by atoms with van der Waals surface area (Å²) in [4.78, 5) is 89.1. The van der Waals surface area contributed by atoms with Crippen molar-refractivity contribution in [1.29, 1.82) is 0 Å². The monoisotopic (exact) mass is 2470 g/mol. The van der Waals surface area contributed by atoms with Gasteiger partial charge in [-0.2, -0.15) is 0 Å². The first-order chi connectivity index (χ1) is 67.4. The van der Waals surface area contributed by atoms with Gasteiger partial charge in [0.25, 0.3) is 0 Å². The van der Waals surface area contributed by atoms with Crippen molar-refractivity contribution >= 4 is 209 Å². The number of rotatable bonds is 12. The van der Waals surface area contributed by atoms with Gasteiger partial charge in [-0.05, 0) is 318 Å². The Bertz CT molecular complexity index is 6060. The lowest BCUT2D eigenvalue weighted by Gasteiger charge is -2.40. The van der Waals surface area contributed by atoms with E-state index in [0.29, 0.717) is 75.3 Å². The van der Waals surface area contributed by atoms with Crippen molar-refractivity contribution in [3.8, 4) is 0 Å². The van der Waals surface area contributed by atoms with E-state index in [2.05, 4.69) is 219 Å². The fraction of sp³-hybridized carbons (Fsp3) is 0.389. The van der Waals surface area contributed by atoms with Crippen LogP contribution in [0, 0.1) is 11.8 Å². The van der Waals surface area contributed by atoms with E-state index < -0.39 is 0 Å². The zero-order chi connectivity index (χ0) is 98.4. The van der Waals surface area contributed by atoms with Crippen LogP contribution >= 0.6 is 174 Å². The summed E-state index contributed by atoms with van der Waals surface area (Å²) in [7, 11) is 3.96. The van der Waals surface area contributed by atoms with Gasteiger partial charge in [-0.1, -0.05) is 134 Å². The smallest absolute Gasteiger partial charge is 0.227 e. The summed E-state index contributed by atoms with van der Waals surface area (Å²) in [6.07, 6.45) is 32.4. The molecule has 20 rings (SSSR count). The largest absolute Gasteiger partial charge is 0.386 e. The highest BCUT2D eigenvalue weighted by Crippen LogP contribution is 2.49. The molecule has 10 aromatic rings. The fourth-order valence-corrected chi connectivity index (χ4v) is 27.5. The first-order valence-corrected chi connectivity index (χ1v) is 56.0. The van der Waals surface area contributed by atoms with E-state index >= 15 is 0 Å². The zero-order valence-electron chi connectivity index (χ0n) is 78.6. The van der Waals surface area contributed by atoms with E-state index in [1.54, 1.807) is 0 Å². The Morgan fingerprint density at radius 3 is 0.986 bits per heavy atom. The first kappa shape index (κ1) is 104. The van der Waals surface area contributed by atoms with Crippen LogP contribution in [0.3, 0.4) is 0 Å². The molecule has 32 heteroatoms. The van der Waals surface area contributed by atoms with Gasteiger partial charge in [0.15, 0.2) is 24.8 Å². The molecule has 0 saturated carbocycles. The normalized spacial score (nSPS) is 18.4. The molecule has 4 amide bonds. The molecule has 0 radical (unpaired) electrons. The first-order valence-electron chi connectivity index (χ1n) is 48.2. The standard InChI is InChI=1S/2C28H31Br2ClN4O.2C26H26Br2ClN4O/c2*1-17(32)34-8-4-18(5-9-34)12-25(36)35-10-6-19(7-11-35)27-26-20(14-23(31)15-24(26)30)2-3-21-13-22(29)16-33-28(21)27;2*1-31-6-4-17(5-7-31)12-23(34)32-8-10-33(11-9-32)26-24-18(14-21(29)15-22(24)28)2-3-19-13-20(27)16-30-25(19)26/h2*13-16,18H,1-12,32H2;2*4-7,13-16,26H,2-3,8-12H2,1H3/q;;2*+1/t;;2*26-/m..10/s1. The van der Waals surface area contributed by atoms with Crippen LogP contribution in [0.5, 0.6) is 0 Å². The van der Waals surface area contributed by atoms with Crippen LogP contribution in [0.15, 0.2) is 218 Å². The number of hydrogen-bond donors (Lipinski definition) is 2. The van der Waals surface area contributed by atoms with Gasteiger partial charge in [0.05, 0.1) is 59.3 Å². The molecule has 4 N–H and O–H groups in total. The lowest BCUT2D eigenvalue weighted by Crippen LogP contribution is -2.50. The van der Waals surface area contributed by atoms with Crippen LogP contribution in [-0.2, 0) is 97.5 Å². The van der Waals surface area contributed by atoms with E-state index in [1.165, 1.54) is 89.1 Å². The minimum absolute atomic E-state index is 0.0265. The summed E-state index contributed by atoms with van der Waals surface area (Å²) in [6.45, 7) is 20.3. The SMILES string of the molecule is C=C(N)N1CCC(CC(=O)N2CCC(=C3c4ncc(Br)cc4CCc4cc(Cl)cc(Br)c43)CC2)CC1.C=C(N)N1CCC(CC(=O)N2CCC(=C3c4ncc(Br)cc4CCc4cc(Cl)cc(Br)c43)CC2)CC1.C[n+]1ccc(CC(=O)N2CCN([C@@H]3c4ncc(Br)cc4CCc4cc(Cl)cc(Br)c43)CC2)cc1.C[n+]1ccc(CC(=O)N2CCN([C@H]3c4ncc(Br)cc4CCc4cc(Cl)cc(Br)c43)CC2)cc1. The average molecular weight is 2480 g/mol. The number of hydrogen-bond acceptors (Lipinski definition) is 14. The molecule has 6 aromatic heterocycles. The third-order valence-corrected chi connectivity index (χ3v) is 34.3. The van der Waals surface area contributed by atoms with Crippen LogP contribution < -0.4 is 20.6 Å². The number of fused-ring (bicyclic) bond motifs is 8. The maximum absolute atomic E-state index is 13.2. The molecule has 732 valence electrons. The van der Waals surface area contributed by atoms with Crippen molar-refractivity contribution in [1.82, 2.24) is 59.1 Å². The van der Waals surface area contributed by atoms with E-state index in [-0.39, 0.29) is 35.7 Å². The Morgan fingerprint density at radius 1 is 0.350 bits per heavy atom. The Kier molecular flexibility index (Phi) is 35.0. The number of carbonyl (C=O) groups excluding carboxylic acids is 4. The molecule has 6 fully saturated rings. The molecule has 0 unspecified atom stereocenters. The van der Waals surface area contributed by atoms with Gasteiger partial charge in [-0.3, -0.25) is 48.9 Å².